The molecule has 5 nitrogen and oxygen atoms in total. The van der Waals surface area contributed by atoms with Crippen LogP contribution in [0, 0.1) is 10.1 Å². The highest BCUT2D eigenvalue weighted by atomic mass is 35.5. The van der Waals surface area contributed by atoms with E-state index in [0.717, 1.165) is 0 Å². The summed E-state index contributed by atoms with van der Waals surface area (Å²) in [4.78, 5) is 10.3. The third kappa shape index (κ3) is 2.95. The lowest BCUT2D eigenvalue weighted by atomic mass is 10.00. The number of rotatable bonds is 5. The number of hydrogen-bond acceptors (Lipinski definition) is 4. The molecule has 0 fully saturated rings. The molecular formula is C11H13ClN2O3. The van der Waals surface area contributed by atoms with Gasteiger partial charge in [-0.2, -0.15) is 0 Å². The Kier molecular flexibility index (Phi) is 4.48. The fraction of sp³-hybridized carbons (Fsp3) is 0.273. The zero-order chi connectivity index (χ0) is 13.0. The molecule has 0 radical (unpaired) electrons. The van der Waals surface area contributed by atoms with Crippen LogP contribution in [0.5, 0.6) is 5.75 Å². The minimum atomic E-state index is -0.646. The van der Waals surface area contributed by atoms with Gasteiger partial charge in [0.1, 0.15) is 5.75 Å². The molecule has 0 aliphatic carbocycles. The Bertz CT molecular complexity index is 449. The number of allylic oxidation sites excluding steroid dienone is 1. The van der Waals surface area contributed by atoms with Crippen molar-refractivity contribution in [3.05, 3.63) is 45.5 Å². The first kappa shape index (κ1) is 13.5. The van der Waals surface area contributed by atoms with E-state index in [1.165, 1.54) is 12.1 Å². The molecule has 0 spiro atoms. The van der Waals surface area contributed by atoms with E-state index >= 15 is 0 Å². The van der Waals surface area contributed by atoms with Crippen molar-refractivity contribution in [2.75, 3.05) is 0 Å². The summed E-state index contributed by atoms with van der Waals surface area (Å²) in [6, 6.07) is 1.87. The Morgan fingerprint density at radius 3 is 2.82 bits per heavy atom. The Morgan fingerprint density at radius 2 is 2.29 bits per heavy atom. The van der Waals surface area contributed by atoms with Gasteiger partial charge in [-0.05, 0) is 18.9 Å². The van der Waals surface area contributed by atoms with E-state index in [4.69, 9.17) is 17.3 Å². The summed E-state index contributed by atoms with van der Waals surface area (Å²) in [5.74, 6) is -0.322. The van der Waals surface area contributed by atoms with Gasteiger partial charge in [-0.15, -0.1) is 6.58 Å². The summed E-state index contributed by atoms with van der Waals surface area (Å²) < 4.78 is 0. The lowest BCUT2D eigenvalue weighted by molar-refractivity contribution is -0.385. The van der Waals surface area contributed by atoms with Crippen molar-refractivity contribution in [3.8, 4) is 5.75 Å². The van der Waals surface area contributed by atoms with E-state index in [1.54, 1.807) is 6.08 Å². The number of benzene rings is 1. The lowest BCUT2D eigenvalue weighted by Crippen LogP contribution is -2.12. The van der Waals surface area contributed by atoms with E-state index < -0.39 is 11.0 Å². The van der Waals surface area contributed by atoms with Crippen LogP contribution in [0.1, 0.15) is 24.4 Å². The molecular weight excluding hydrogens is 244 g/mol. The zero-order valence-electron chi connectivity index (χ0n) is 9.10. The van der Waals surface area contributed by atoms with Gasteiger partial charge in [-0.3, -0.25) is 10.1 Å². The van der Waals surface area contributed by atoms with Crippen molar-refractivity contribution in [1.82, 2.24) is 0 Å². The molecule has 6 heteroatoms. The molecule has 0 heterocycles. The van der Waals surface area contributed by atoms with Crippen molar-refractivity contribution >= 4 is 17.3 Å². The Balaban J connectivity index is 3.22. The minimum absolute atomic E-state index is 0.0552. The number of halogens is 1. The molecule has 0 saturated heterocycles. The maximum Gasteiger partial charge on any atom is 0.277 e. The molecule has 0 aliphatic heterocycles. The first-order valence-electron chi connectivity index (χ1n) is 5.01. The molecule has 0 saturated carbocycles. The highest BCUT2D eigenvalue weighted by molar-refractivity contribution is 6.32. The largest absolute Gasteiger partial charge is 0.506 e. The molecule has 0 unspecified atom stereocenters. The first-order valence-corrected chi connectivity index (χ1v) is 5.39. The Hall–Kier alpha value is -1.59. The molecule has 1 rings (SSSR count). The van der Waals surface area contributed by atoms with Gasteiger partial charge in [0.05, 0.1) is 15.5 Å². The van der Waals surface area contributed by atoms with Crippen molar-refractivity contribution in [2.24, 2.45) is 5.73 Å². The number of nitrogens with two attached hydrogens (primary N) is 1. The van der Waals surface area contributed by atoms with E-state index in [2.05, 4.69) is 6.58 Å². The third-order valence-electron chi connectivity index (χ3n) is 2.39. The summed E-state index contributed by atoms with van der Waals surface area (Å²) in [5.41, 5.74) is 5.67. The van der Waals surface area contributed by atoms with Crippen LogP contribution in [0.2, 0.25) is 5.02 Å². The SMILES string of the molecule is C=CCC[C@@H](N)c1c([N+](=O)[O-])ccc(Cl)c1O. The van der Waals surface area contributed by atoms with E-state index in [-0.39, 0.29) is 22.0 Å². The van der Waals surface area contributed by atoms with Crippen LogP contribution < -0.4 is 5.73 Å². The minimum Gasteiger partial charge on any atom is -0.506 e. The van der Waals surface area contributed by atoms with Gasteiger partial charge in [0.15, 0.2) is 0 Å². The van der Waals surface area contributed by atoms with E-state index in [0.29, 0.717) is 12.8 Å². The zero-order valence-corrected chi connectivity index (χ0v) is 9.85. The smallest absolute Gasteiger partial charge is 0.277 e. The summed E-state index contributed by atoms with van der Waals surface area (Å²) in [5, 5.41) is 20.6. The van der Waals surface area contributed by atoms with Gasteiger partial charge in [0.25, 0.3) is 5.69 Å². The molecule has 1 aromatic rings. The predicted octanol–water partition coefficient (Wildman–Crippen LogP) is 2.92. The van der Waals surface area contributed by atoms with E-state index in [9.17, 15) is 15.2 Å². The van der Waals surface area contributed by atoms with Crippen molar-refractivity contribution in [2.45, 2.75) is 18.9 Å². The highest BCUT2D eigenvalue weighted by Crippen LogP contribution is 2.38. The van der Waals surface area contributed by atoms with Gasteiger partial charge in [0.2, 0.25) is 0 Å². The van der Waals surface area contributed by atoms with Crippen LogP contribution in [0.25, 0.3) is 0 Å². The maximum absolute atomic E-state index is 10.8. The monoisotopic (exact) mass is 256 g/mol. The molecule has 92 valence electrons. The first-order chi connectivity index (χ1) is 7.99. The second-order valence-electron chi connectivity index (χ2n) is 3.56. The fourth-order valence-electron chi connectivity index (χ4n) is 1.54. The molecule has 3 N–H and O–H groups in total. The molecule has 0 bridgehead atoms. The topological polar surface area (TPSA) is 89.4 Å². The lowest BCUT2D eigenvalue weighted by Gasteiger charge is -2.13. The van der Waals surface area contributed by atoms with Gasteiger partial charge in [-0.1, -0.05) is 17.7 Å². The summed E-state index contributed by atoms with van der Waals surface area (Å²) >= 11 is 5.72. The molecule has 0 amide bonds. The number of phenolic OH excluding ortho intramolecular Hbond substituents is 1. The van der Waals surface area contributed by atoms with Crippen molar-refractivity contribution < 1.29 is 10.0 Å². The highest BCUT2D eigenvalue weighted by Gasteiger charge is 2.24. The van der Waals surface area contributed by atoms with Crippen molar-refractivity contribution in [3.63, 3.8) is 0 Å². The predicted molar refractivity (Wildman–Crippen MR) is 66.1 cm³/mol. The fourth-order valence-corrected chi connectivity index (χ4v) is 1.70. The average Bonchev–Trinajstić information content (AvgIpc) is 2.28. The van der Waals surface area contributed by atoms with Crippen LogP contribution in [-0.4, -0.2) is 10.0 Å². The summed E-state index contributed by atoms with van der Waals surface area (Å²) in [6.07, 6.45) is 2.72. The number of phenols is 1. The quantitative estimate of drug-likeness (QED) is 0.481. The maximum atomic E-state index is 10.8. The summed E-state index contributed by atoms with van der Waals surface area (Å²) in [7, 11) is 0. The number of hydrogen-bond donors (Lipinski definition) is 2. The number of nitro groups is 1. The number of nitrogens with zero attached hydrogens (tertiary/aromatic N) is 1. The average molecular weight is 257 g/mol. The van der Waals surface area contributed by atoms with Gasteiger partial charge in [-0.25, -0.2) is 0 Å². The molecule has 1 aromatic carbocycles. The van der Waals surface area contributed by atoms with Crippen LogP contribution in [0.15, 0.2) is 24.8 Å². The van der Waals surface area contributed by atoms with Gasteiger partial charge >= 0.3 is 0 Å². The van der Waals surface area contributed by atoms with Crippen LogP contribution >= 0.6 is 11.6 Å². The Morgan fingerprint density at radius 1 is 1.65 bits per heavy atom. The van der Waals surface area contributed by atoms with Gasteiger partial charge in [0, 0.05) is 12.1 Å². The molecule has 1 atom stereocenters. The van der Waals surface area contributed by atoms with Crippen LogP contribution in [0.3, 0.4) is 0 Å². The van der Waals surface area contributed by atoms with Crippen LogP contribution in [0.4, 0.5) is 5.69 Å². The van der Waals surface area contributed by atoms with E-state index in [1.807, 2.05) is 0 Å². The second-order valence-corrected chi connectivity index (χ2v) is 3.97. The second kappa shape index (κ2) is 5.65. The summed E-state index contributed by atoms with van der Waals surface area (Å²) in [6.45, 7) is 3.55. The van der Waals surface area contributed by atoms with Gasteiger partial charge < -0.3 is 10.8 Å². The third-order valence-corrected chi connectivity index (χ3v) is 2.70. The molecule has 0 aromatic heterocycles. The number of nitro benzene ring substituents is 1. The Labute approximate surface area is 104 Å². The standard InChI is InChI=1S/C11H13ClN2O3/c1-2-3-4-8(13)10-9(14(16)17)6-5-7(12)11(10)15/h2,5-6,8,15H,1,3-4,13H2/t8-/m1/s1. The number of aromatic hydroxyl groups is 1. The van der Waals surface area contributed by atoms with Crippen LogP contribution in [-0.2, 0) is 0 Å². The molecule has 0 aliphatic rings. The molecule has 17 heavy (non-hydrogen) atoms. The van der Waals surface area contributed by atoms with Crippen molar-refractivity contribution in [1.29, 1.82) is 0 Å². The normalized spacial score (nSPS) is 12.1.